The van der Waals surface area contributed by atoms with Crippen LogP contribution in [0.15, 0.2) is 12.4 Å². The molecule has 0 radical (unpaired) electrons. The van der Waals surface area contributed by atoms with Crippen molar-refractivity contribution in [2.75, 3.05) is 5.32 Å². The Balaban J connectivity index is 1.98. The summed E-state index contributed by atoms with van der Waals surface area (Å²) >= 11 is 0. The molecule has 2 rings (SSSR count). The number of nitrogens with zero attached hydrogens (tertiary/aromatic N) is 2. The van der Waals surface area contributed by atoms with E-state index in [0.717, 1.165) is 24.3 Å². The molecule has 1 heterocycles. The monoisotopic (exact) mass is 249 g/mol. The van der Waals surface area contributed by atoms with Crippen LogP contribution in [0.5, 0.6) is 0 Å². The van der Waals surface area contributed by atoms with Crippen molar-refractivity contribution < 1.29 is 0 Å². The molecule has 1 fully saturated rings. The number of hydrogen-bond acceptors (Lipinski definition) is 2. The molecule has 1 saturated carbocycles. The van der Waals surface area contributed by atoms with Gasteiger partial charge in [0.25, 0.3) is 0 Å². The van der Waals surface area contributed by atoms with Crippen molar-refractivity contribution in [2.45, 2.75) is 59.5 Å². The number of anilines is 1. The standard InChI is InChI=1S/C15H27N3/c1-11(2)10-18-8-7-16-15(18)17-14-6-5-12(3)9-13(14)4/h7-8,11-14H,5-6,9-10H2,1-4H3,(H,16,17). The van der Waals surface area contributed by atoms with E-state index < -0.39 is 0 Å². The van der Waals surface area contributed by atoms with Crippen molar-refractivity contribution >= 4 is 5.95 Å². The quantitative estimate of drug-likeness (QED) is 0.880. The highest BCUT2D eigenvalue weighted by molar-refractivity contribution is 5.28. The molecule has 102 valence electrons. The molecular weight excluding hydrogens is 222 g/mol. The number of rotatable bonds is 4. The van der Waals surface area contributed by atoms with Crippen LogP contribution in [0.4, 0.5) is 5.95 Å². The number of nitrogens with one attached hydrogen (secondary N) is 1. The zero-order valence-electron chi connectivity index (χ0n) is 12.2. The molecule has 1 aromatic heterocycles. The average Bonchev–Trinajstić information content (AvgIpc) is 2.69. The summed E-state index contributed by atoms with van der Waals surface area (Å²) in [5.41, 5.74) is 0. The fourth-order valence-electron chi connectivity index (χ4n) is 3.04. The summed E-state index contributed by atoms with van der Waals surface area (Å²) in [7, 11) is 0. The summed E-state index contributed by atoms with van der Waals surface area (Å²) in [6.45, 7) is 10.3. The van der Waals surface area contributed by atoms with Crippen LogP contribution in [0.25, 0.3) is 0 Å². The molecule has 0 amide bonds. The van der Waals surface area contributed by atoms with E-state index in [1.807, 2.05) is 6.20 Å². The van der Waals surface area contributed by atoms with Gasteiger partial charge in [-0.2, -0.15) is 0 Å². The van der Waals surface area contributed by atoms with E-state index in [0.29, 0.717) is 12.0 Å². The van der Waals surface area contributed by atoms with Gasteiger partial charge in [0.1, 0.15) is 0 Å². The number of hydrogen-bond donors (Lipinski definition) is 1. The van der Waals surface area contributed by atoms with E-state index in [1.54, 1.807) is 0 Å². The Kier molecular flexibility index (Phi) is 4.31. The van der Waals surface area contributed by atoms with Crippen LogP contribution in [0, 0.1) is 17.8 Å². The van der Waals surface area contributed by atoms with Gasteiger partial charge in [0, 0.05) is 25.0 Å². The third kappa shape index (κ3) is 3.27. The topological polar surface area (TPSA) is 29.9 Å². The maximum atomic E-state index is 4.47. The summed E-state index contributed by atoms with van der Waals surface area (Å²) in [5.74, 6) is 3.34. The third-order valence-electron chi connectivity index (χ3n) is 4.02. The van der Waals surface area contributed by atoms with Gasteiger partial charge >= 0.3 is 0 Å². The zero-order chi connectivity index (χ0) is 13.1. The van der Waals surface area contributed by atoms with Crippen molar-refractivity contribution in [1.29, 1.82) is 0 Å². The lowest BCUT2D eigenvalue weighted by Crippen LogP contribution is -2.34. The summed E-state index contributed by atoms with van der Waals surface area (Å²) < 4.78 is 2.25. The molecule has 3 atom stereocenters. The minimum absolute atomic E-state index is 0.592. The van der Waals surface area contributed by atoms with E-state index in [-0.39, 0.29) is 0 Å². The van der Waals surface area contributed by atoms with E-state index in [4.69, 9.17) is 0 Å². The van der Waals surface area contributed by atoms with Crippen LogP contribution in [0.2, 0.25) is 0 Å². The molecule has 0 bridgehead atoms. The summed E-state index contributed by atoms with van der Waals surface area (Å²) in [6, 6.07) is 0.592. The SMILES string of the molecule is CC(C)Cn1ccnc1NC1CCC(C)CC1C. The van der Waals surface area contributed by atoms with Crippen molar-refractivity contribution in [3.05, 3.63) is 12.4 Å². The highest BCUT2D eigenvalue weighted by Gasteiger charge is 2.26. The Morgan fingerprint density at radius 1 is 1.39 bits per heavy atom. The minimum atomic E-state index is 0.592. The molecule has 0 spiro atoms. The molecular formula is C15H27N3. The summed E-state index contributed by atoms with van der Waals surface area (Å²) in [4.78, 5) is 4.47. The van der Waals surface area contributed by atoms with E-state index >= 15 is 0 Å². The van der Waals surface area contributed by atoms with Gasteiger partial charge in [-0.25, -0.2) is 4.98 Å². The summed E-state index contributed by atoms with van der Waals surface area (Å²) in [6.07, 6.45) is 7.94. The van der Waals surface area contributed by atoms with Gasteiger partial charge in [0.15, 0.2) is 0 Å². The minimum Gasteiger partial charge on any atom is -0.353 e. The van der Waals surface area contributed by atoms with Crippen LogP contribution in [-0.2, 0) is 6.54 Å². The molecule has 1 N–H and O–H groups in total. The molecule has 0 aliphatic heterocycles. The summed E-state index contributed by atoms with van der Waals surface area (Å²) in [5, 5.41) is 3.66. The first-order chi connectivity index (χ1) is 8.56. The second-order valence-corrected chi connectivity index (χ2v) is 6.44. The first-order valence-corrected chi connectivity index (χ1v) is 7.34. The fraction of sp³-hybridized carbons (Fsp3) is 0.800. The second-order valence-electron chi connectivity index (χ2n) is 6.44. The molecule has 1 aliphatic rings. The first-order valence-electron chi connectivity index (χ1n) is 7.34. The highest BCUT2D eigenvalue weighted by Crippen LogP contribution is 2.30. The predicted octanol–water partition coefficient (Wildman–Crippen LogP) is 3.78. The molecule has 0 saturated heterocycles. The Morgan fingerprint density at radius 3 is 2.83 bits per heavy atom. The van der Waals surface area contributed by atoms with Crippen LogP contribution in [0.3, 0.4) is 0 Å². The van der Waals surface area contributed by atoms with Crippen LogP contribution < -0.4 is 5.32 Å². The van der Waals surface area contributed by atoms with Gasteiger partial charge in [-0.3, -0.25) is 0 Å². The average molecular weight is 249 g/mol. The Bertz CT molecular complexity index is 370. The molecule has 18 heavy (non-hydrogen) atoms. The normalized spacial score (nSPS) is 28.6. The number of aromatic nitrogens is 2. The van der Waals surface area contributed by atoms with Gasteiger partial charge in [0.2, 0.25) is 5.95 Å². The smallest absolute Gasteiger partial charge is 0.203 e. The second kappa shape index (κ2) is 5.77. The van der Waals surface area contributed by atoms with Crippen molar-refractivity contribution in [1.82, 2.24) is 9.55 Å². The van der Waals surface area contributed by atoms with Gasteiger partial charge in [-0.1, -0.05) is 27.7 Å². The Morgan fingerprint density at radius 2 is 2.17 bits per heavy atom. The lowest BCUT2D eigenvalue weighted by Gasteiger charge is -2.33. The third-order valence-corrected chi connectivity index (χ3v) is 4.02. The van der Waals surface area contributed by atoms with Crippen molar-refractivity contribution in [2.24, 2.45) is 17.8 Å². The van der Waals surface area contributed by atoms with Crippen molar-refractivity contribution in [3.63, 3.8) is 0 Å². The van der Waals surface area contributed by atoms with Crippen LogP contribution in [-0.4, -0.2) is 15.6 Å². The predicted molar refractivity (Wildman–Crippen MR) is 76.7 cm³/mol. The molecule has 1 aliphatic carbocycles. The van der Waals surface area contributed by atoms with Crippen LogP contribution >= 0.6 is 0 Å². The lowest BCUT2D eigenvalue weighted by molar-refractivity contribution is 0.275. The zero-order valence-corrected chi connectivity index (χ0v) is 12.2. The molecule has 3 nitrogen and oxygen atoms in total. The maximum absolute atomic E-state index is 4.47. The van der Waals surface area contributed by atoms with Gasteiger partial charge in [-0.05, 0) is 37.0 Å². The largest absolute Gasteiger partial charge is 0.353 e. The van der Waals surface area contributed by atoms with Gasteiger partial charge < -0.3 is 9.88 Å². The highest BCUT2D eigenvalue weighted by atomic mass is 15.2. The van der Waals surface area contributed by atoms with Gasteiger partial charge in [-0.15, -0.1) is 0 Å². The maximum Gasteiger partial charge on any atom is 0.203 e. The van der Waals surface area contributed by atoms with Crippen molar-refractivity contribution in [3.8, 4) is 0 Å². The molecule has 1 aromatic rings. The van der Waals surface area contributed by atoms with E-state index in [2.05, 4.69) is 48.8 Å². The Labute approximate surface area is 111 Å². The van der Waals surface area contributed by atoms with Gasteiger partial charge in [0.05, 0.1) is 0 Å². The fourth-order valence-corrected chi connectivity index (χ4v) is 3.04. The van der Waals surface area contributed by atoms with E-state index in [1.165, 1.54) is 19.3 Å². The Hall–Kier alpha value is -0.990. The molecule has 3 unspecified atom stereocenters. The molecule has 3 heteroatoms. The number of imidazole rings is 1. The molecule has 0 aromatic carbocycles. The van der Waals surface area contributed by atoms with E-state index in [9.17, 15) is 0 Å². The lowest BCUT2D eigenvalue weighted by atomic mass is 9.80. The first kappa shape index (κ1) is 13.4. The van der Waals surface area contributed by atoms with Crippen LogP contribution in [0.1, 0.15) is 47.0 Å².